The van der Waals surface area contributed by atoms with E-state index in [0.29, 0.717) is 22.8 Å². The van der Waals surface area contributed by atoms with Crippen LogP contribution in [0.15, 0.2) is 22.1 Å². The molecule has 0 atom stereocenters. The van der Waals surface area contributed by atoms with Crippen molar-refractivity contribution < 1.29 is 9.53 Å². The first-order chi connectivity index (χ1) is 9.08. The van der Waals surface area contributed by atoms with Crippen LogP contribution in [0.2, 0.25) is 0 Å². The number of allylic oxidation sites excluding steroid dienone is 1. The number of carbonyl (C=O) groups is 1. The van der Waals surface area contributed by atoms with Crippen molar-refractivity contribution in [1.82, 2.24) is 9.97 Å². The van der Waals surface area contributed by atoms with Crippen molar-refractivity contribution in [2.45, 2.75) is 31.8 Å². The molecular weight excluding hydrogens is 264 g/mol. The van der Waals surface area contributed by atoms with Gasteiger partial charge in [-0.05, 0) is 26.5 Å². The highest BCUT2D eigenvalue weighted by Crippen LogP contribution is 2.09. The summed E-state index contributed by atoms with van der Waals surface area (Å²) >= 11 is 1.38. The molecule has 0 aliphatic heterocycles. The Bertz CT molecular complexity index is 523. The first-order valence-electron chi connectivity index (χ1n) is 5.99. The predicted octanol–water partition coefficient (Wildman–Crippen LogP) is 1.85. The highest BCUT2D eigenvalue weighted by Gasteiger charge is 2.10. The van der Waals surface area contributed by atoms with Gasteiger partial charge >= 0.3 is 5.97 Å². The van der Waals surface area contributed by atoms with E-state index >= 15 is 0 Å². The van der Waals surface area contributed by atoms with E-state index in [4.69, 9.17) is 4.74 Å². The molecule has 0 aliphatic carbocycles. The van der Waals surface area contributed by atoms with Gasteiger partial charge in [-0.15, -0.1) is 0 Å². The number of nitrogens with one attached hydrogen (secondary N) is 1. The third-order valence-corrected chi connectivity index (χ3v) is 3.13. The number of aryl methyl sites for hydroxylation is 1. The summed E-state index contributed by atoms with van der Waals surface area (Å²) in [5.41, 5.74) is 1.02. The summed E-state index contributed by atoms with van der Waals surface area (Å²) in [6, 6.07) is 0. The van der Waals surface area contributed by atoms with E-state index in [1.807, 2.05) is 19.3 Å². The average Bonchev–Trinajstić information content (AvgIpc) is 2.37. The van der Waals surface area contributed by atoms with Crippen LogP contribution < -0.4 is 5.56 Å². The number of aromatic nitrogens is 2. The van der Waals surface area contributed by atoms with Gasteiger partial charge in [-0.3, -0.25) is 9.59 Å². The molecule has 1 N–H and O–H groups in total. The Labute approximate surface area is 116 Å². The smallest absolute Gasteiger partial charge is 0.306 e. The van der Waals surface area contributed by atoms with Crippen molar-refractivity contribution in [3.05, 3.63) is 33.8 Å². The minimum atomic E-state index is -0.314. The molecule has 0 saturated heterocycles. The summed E-state index contributed by atoms with van der Waals surface area (Å²) in [6.07, 6.45) is 5.94. The lowest BCUT2D eigenvalue weighted by molar-refractivity contribution is -0.142. The first kappa shape index (κ1) is 15.5. The van der Waals surface area contributed by atoms with Gasteiger partial charge in [0, 0.05) is 17.7 Å². The Balaban J connectivity index is 2.63. The maximum Gasteiger partial charge on any atom is 0.306 e. The molecule has 0 spiro atoms. The molecular formula is C13H18N2O3S. The highest BCUT2D eigenvalue weighted by atomic mass is 32.2. The van der Waals surface area contributed by atoms with E-state index in [-0.39, 0.29) is 24.6 Å². The lowest BCUT2D eigenvalue weighted by Gasteiger charge is -2.05. The van der Waals surface area contributed by atoms with Crippen LogP contribution in [0.25, 0.3) is 0 Å². The lowest BCUT2D eigenvalue weighted by Crippen LogP contribution is -2.18. The summed E-state index contributed by atoms with van der Waals surface area (Å²) in [7, 11) is 0. The second-order valence-corrected chi connectivity index (χ2v) is 4.69. The number of hydrogen-bond donors (Lipinski definition) is 1. The zero-order chi connectivity index (χ0) is 14.3. The van der Waals surface area contributed by atoms with E-state index in [1.165, 1.54) is 11.8 Å². The Hall–Kier alpha value is -1.56. The number of rotatable bonds is 6. The number of hydrogen-bond acceptors (Lipinski definition) is 5. The Morgan fingerprint density at radius 2 is 2.26 bits per heavy atom. The number of nitrogens with zero attached hydrogens (tertiary/aromatic N) is 1. The van der Waals surface area contributed by atoms with Gasteiger partial charge in [-0.2, -0.15) is 0 Å². The summed E-state index contributed by atoms with van der Waals surface area (Å²) in [5, 5.41) is 0.585. The van der Waals surface area contributed by atoms with Gasteiger partial charge in [0.2, 0.25) is 0 Å². The van der Waals surface area contributed by atoms with Crippen LogP contribution in [-0.2, 0) is 16.0 Å². The van der Waals surface area contributed by atoms with Crippen molar-refractivity contribution in [3.63, 3.8) is 0 Å². The molecule has 1 aromatic heterocycles. The van der Waals surface area contributed by atoms with Crippen LogP contribution in [0.1, 0.15) is 24.6 Å². The van der Waals surface area contributed by atoms with Crippen LogP contribution >= 0.6 is 11.8 Å². The van der Waals surface area contributed by atoms with Gasteiger partial charge in [0.25, 0.3) is 5.56 Å². The summed E-state index contributed by atoms with van der Waals surface area (Å²) in [4.78, 5) is 30.2. The molecule has 1 rings (SSSR count). The predicted molar refractivity (Wildman–Crippen MR) is 75.5 cm³/mol. The fourth-order valence-corrected chi connectivity index (χ4v) is 1.94. The normalized spacial score (nSPS) is 10.9. The average molecular weight is 282 g/mol. The monoisotopic (exact) mass is 282 g/mol. The van der Waals surface area contributed by atoms with Crippen molar-refractivity contribution in [2.75, 3.05) is 12.9 Å². The molecule has 104 valence electrons. The quantitative estimate of drug-likeness (QED) is 0.373. The van der Waals surface area contributed by atoms with Crippen LogP contribution in [0.4, 0.5) is 0 Å². The van der Waals surface area contributed by atoms with Crippen LogP contribution in [-0.4, -0.2) is 28.8 Å². The van der Waals surface area contributed by atoms with E-state index < -0.39 is 0 Å². The van der Waals surface area contributed by atoms with Gasteiger partial charge in [-0.25, -0.2) is 4.98 Å². The van der Waals surface area contributed by atoms with E-state index in [2.05, 4.69) is 9.97 Å². The zero-order valence-corrected chi connectivity index (χ0v) is 12.2. The molecule has 0 unspecified atom stereocenters. The van der Waals surface area contributed by atoms with Gasteiger partial charge in [0.15, 0.2) is 5.16 Å². The number of H-pyrrole nitrogens is 1. The second-order valence-electron chi connectivity index (χ2n) is 3.89. The Kier molecular flexibility index (Phi) is 6.35. The van der Waals surface area contributed by atoms with Gasteiger partial charge in [0.05, 0.1) is 0 Å². The van der Waals surface area contributed by atoms with Gasteiger partial charge in [-0.1, -0.05) is 23.9 Å². The molecule has 0 saturated carbocycles. The minimum absolute atomic E-state index is 0.182. The van der Waals surface area contributed by atoms with Crippen LogP contribution in [0.3, 0.4) is 0 Å². The second kappa shape index (κ2) is 7.78. The van der Waals surface area contributed by atoms with Gasteiger partial charge < -0.3 is 9.72 Å². The number of aromatic amines is 1. The number of esters is 1. The van der Waals surface area contributed by atoms with E-state index in [0.717, 1.165) is 0 Å². The SMILES string of the molecule is CC=CCOC(=O)CCc1c(C)nc(SC)[nH]c1=O. The molecule has 0 aliphatic rings. The molecule has 19 heavy (non-hydrogen) atoms. The van der Waals surface area contributed by atoms with E-state index in [1.54, 1.807) is 13.0 Å². The molecule has 0 aromatic carbocycles. The number of thioether (sulfide) groups is 1. The number of carbonyl (C=O) groups excluding carboxylic acids is 1. The van der Waals surface area contributed by atoms with Crippen molar-refractivity contribution in [1.29, 1.82) is 0 Å². The largest absolute Gasteiger partial charge is 0.461 e. The topological polar surface area (TPSA) is 72.0 Å². The minimum Gasteiger partial charge on any atom is -0.461 e. The molecule has 5 nitrogen and oxygen atoms in total. The summed E-state index contributed by atoms with van der Waals surface area (Å²) in [6.45, 7) is 3.90. The van der Waals surface area contributed by atoms with Crippen molar-refractivity contribution >= 4 is 17.7 Å². The first-order valence-corrected chi connectivity index (χ1v) is 7.21. The zero-order valence-electron chi connectivity index (χ0n) is 11.4. The molecule has 6 heteroatoms. The molecule has 0 radical (unpaired) electrons. The Morgan fingerprint density at radius 1 is 1.53 bits per heavy atom. The summed E-state index contributed by atoms with van der Waals surface area (Å²) in [5.74, 6) is -0.314. The van der Waals surface area contributed by atoms with Crippen molar-refractivity contribution in [2.24, 2.45) is 0 Å². The molecule has 0 fully saturated rings. The fraction of sp³-hybridized carbons (Fsp3) is 0.462. The lowest BCUT2D eigenvalue weighted by atomic mass is 10.1. The standard InChI is InChI=1S/C13H18N2O3S/c1-4-5-8-18-11(16)7-6-10-9(2)14-13(19-3)15-12(10)17/h4-5H,6-8H2,1-3H3,(H,14,15,17). The molecule has 0 bridgehead atoms. The maximum atomic E-state index is 11.8. The third-order valence-electron chi connectivity index (χ3n) is 2.55. The summed E-state index contributed by atoms with van der Waals surface area (Å²) < 4.78 is 4.97. The van der Waals surface area contributed by atoms with Crippen LogP contribution in [0, 0.1) is 6.92 Å². The maximum absolute atomic E-state index is 11.8. The van der Waals surface area contributed by atoms with E-state index in [9.17, 15) is 9.59 Å². The molecule has 0 amide bonds. The third kappa shape index (κ3) is 4.90. The molecule has 1 heterocycles. The fourth-order valence-electron chi connectivity index (χ4n) is 1.51. The van der Waals surface area contributed by atoms with Gasteiger partial charge in [0.1, 0.15) is 6.61 Å². The Morgan fingerprint density at radius 3 is 2.84 bits per heavy atom. The van der Waals surface area contributed by atoms with Crippen LogP contribution in [0.5, 0.6) is 0 Å². The highest BCUT2D eigenvalue weighted by molar-refractivity contribution is 7.98. The molecule has 1 aromatic rings. The number of ether oxygens (including phenoxy) is 1. The van der Waals surface area contributed by atoms with Crippen molar-refractivity contribution in [3.8, 4) is 0 Å².